The SMILES string of the molecule is O=C1CC(C(=O)Nc2ccnn2C2CC2)=NN1. The number of hydrogen-bond acceptors (Lipinski definition) is 4. The van der Waals surface area contributed by atoms with Crippen molar-refractivity contribution >= 4 is 23.3 Å². The smallest absolute Gasteiger partial charge is 0.273 e. The van der Waals surface area contributed by atoms with Crippen LogP contribution in [-0.2, 0) is 9.59 Å². The summed E-state index contributed by atoms with van der Waals surface area (Å²) in [5, 5.41) is 10.5. The normalized spacial score (nSPS) is 18.8. The van der Waals surface area contributed by atoms with Gasteiger partial charge in [-0.1, -0.05) is 0 Å². The number of nitrogens with zero attached hydrogens (tertiary/aromatic N) is 3. The summed E-state index contributed by atoms with van der Waals surface area (Å²) in [6.07, 6.45) is 3.86. The Kier molecular flexibility index (Phi) is 2.17. The summed E-state index contributed by atoms with van der Waals surface area (Å²) in [5.41, 5.74) is 2.45. The molecule has 2 amide bonds. The maximum Gasteiger partial charge on any atom is 0.273 e. The number of anilines is 1. The summed E-state index contributed by atoms with van der Waals surface area (Å²) in [7, 11) is 0. The third kappa shape index (κ3) is 1.91. The molecule has 0 atom stereocenters. The third-order valence-electron chi connectivity index (χ3n) is 2.71. The lowest BCUT2D eigenvalue weighted by Gasteiger charge is -2.06. The van der Waals surface area contributed by atoms with E-state index >= 15 is 0 Å². The maximum atomic E-state index is 11.8. The molecule has 1 aliphatic carbocycles. The van der Waals surface area contributed by atoms with Gasteiger partial charge in [-0.2, -0.15) is 10.2 Å². The number of carbonyl (C=O) groups excluding carboxylic acids is 2. The minimum Gasteiger partial charge on any atom is -0.306 e. The second-order valence-corrected chi connectivity index (χ2v) is 4.12. The minimum atomic E-state index is -0.356. The van der Waals surface area contributed by atoms with Crippen molar-refractivity contribution in [3.63, 3.8) is 0 Å². The van der Waals surface area contributed by atoms with Crippen LogP contribution >= 0.6 is 0 Å². The summed E-state index contributed by atoms with van der Waals surface area (Å²) in [6.45, 7) is 0. The molecule has 88 valence electrons. The molecule has 17 heavy (non-hydrogen) atoms. The number of amides is 2. The van der Waals surface area contributed by atoms with Crippen molar-refractivity contribution in [1.29, 1.82) is 0 Å². The topological polar surface area (TPSA) is 88.4 Å². The molecule has 1 aromatic heterocycles. The van der Waals surface area contributed by atoms with Crippen LogP contribution in [0.2, 0.25) is 0 Å². The first-order valence-corrected chi connectivity index (χ1v) is 5.44. The number of hydrogen-bond donors (Lipinski definition) is 2. The van der Waals surface area contributed by atoms with Gasteiger partial charge in [-0.15, -0.1) is 0 Å². The Morgan fingerprint density at radius 2 is 2.35 bits per heavy atom. The van der Waals surface area contributed by atoms with E-state index in [0.29, 0.717) is 11.9 Å². The van der Waals surface area contributed by atoms with E-state index in [0.717, 1.165) is 12.8 Å². The third-order valence-corrected chi connectivity index (χ3v) is 2.71. The summed E-state index contributed by atoms with van der Waals surface area (Å²) < 4.78 is 1.79. The molecule has 0 radical (unpaired) electrons. The molecule has 7 heteroatoms. The highest BCUT2D eigenvalue weighted by Crippen LogP contribution is 2.36. The highest BCUT2D eigenvalue weighted by Gasteiger charge is 2.28. The van der Waals surface area contributed by atoms with Gasteiger partial charge in [0.1, 0.15) is 11.5 Å². The Balaban J connectivity index is 1.72. The average molecular weight is 233 g/mol. The fourth-order valence-corrected chi connectivity index (χ4v) is 1.70. The lowest BCUT2D eigenvalue weighted by Crippen LogP contribution is -2.23. The lowest BCUT2D eigenvalue weighted by molar-refractivity contribution is -0.119. The van der Waals surface area contributed by atoms with E-state index in [2.05, 4.69) is 20.9 Å². The van der Waals surface area contributed by atoms with Crippen LogP contribution in [0.15, 0.2) is 17.4 Å². The molecule has 1 fully saturated rings. The Bertz CT molecular complexity index is 515. The molecular weight excluding hydrogens is 222 g/mol. The van der Waals surface area contributed by atoms with Crippen LogP contribution in [0.4, 0.5) is 5.82 Å². The lowest BCUT2D eigenvalue weighted by atomic mass is 10.2. The standard InChI is InChI=1S/C10H11N5O2/c16-9-5-7(13-14-9)10(17)12-8-3-4-11-15(8)6-1-2-6/h3-4,6H,1-2,5H2,(H,12,17)(H,14,16). The molecule has 2 heterocycles. The Morgan fingerprint density at radius 1 is 1.53 bits per heavy atom. The summed E-state index contributed by atoms with van der Waals surface area (Å²) in [4.78, 5) is 22.7. The van der Waals surface area contributed by atoms with Crippen LogP contribution < -0.4 is 10.7 Å². The van der Waals surface area contributed by atoms with Crippen molar-refractivity contribution in [2.24, 2.45) is 5.10 Å². The monoisotopic (exact) mass is 233 g/mol. The summed E-state index contributed by atoms with van der Waals surface area (Å²) in [5.74, 6) is 0.0381. The zero-order valence-corrected chi connectivity index (χ0v) is 9.01. The Morgan fingerprint density at radius 3 is 3.00 bits per heavy atom. The fourth-order valence-electron chi connectivity index (χ4n) is 1.70. The van der Waals surface area contributed by atoms with E-state index in [4.69, 9.17) is 0 Å². The van der Waals surface area contributed by atoms with Crippen molar-refractivity contribution in [2.75, 3.05) is 5.32 Å². The van der Waals surface area contributed by atoms with E-state index in [-0.39, 0.29) is 23.9 Å². The molecular formula is C10H11N5O2. The average Bonchev–Trinajstić information content (AvgIpc) is 2.89. The van der Waals surface area contributed by atoms with Gasteiger partial charge in [0.2, 0.25) is 5.91 Å². The van der Waals surface area contributed by atoms with Crippen molar-refractivity contribution in [2.45, 2.75) is 25.3 Å². The molecule has 0 unspecified atom stereocenters. The van der Waals surface area contributed by atoms with Crippen molar-refractivity contribution in [3.8, 4) is 0 Å². The van der Waals surface area contributed by atoms with Gasteiger partial charge in [0.15, 0.2) is 0 Å². The number of carbonyl (C=O) groups is 2. The molecule has 0 spiro atoms. The molecule has 1 aliphatic heterocycles. The number of aromatic nitrogens is 2. The van der Waals surface area contributed by atoms with Crippen LogP contribution in [-0.4, -0.2) is 27.3 Å². The van der Waals surface area contributed by atoms with Crippen LogP contribution in [0.5, 0.6) is 0 Å². The van der Waals surface area contributed by atoms with Gasteiger partial charge in [-0.3, -0.25) is 9.59 Å². The van der Waals surface area contributed by atoms with Gasteiger partial charge >= 0.3 is 0 Å². The molecule has 0 bridgehead atoms. The largest absolute Gasteiger partial charge is 0.306 e. The first kappa shape index (κ1) is 10.0. The summed E-state index contributed by atoms with van der Waals surface area (Å²) >= 11 is 0. The quantitative estimate of drug-likeness (QED) is 0.772. The van der Waals surface area contributed by atoms with Gasteiger partial charge < -0.3 is 5.32 Å². The van der Waals surface area contributed by atoms with Crippen molar-refractivity contribution in [3.05, 3.63) is 12.3 Å². The zero-order chi connectivity index (χ0) is 11.8. The molecule has 3 rings (SSSR count). The van der Waals surface area contributed by atoms with Crippen molar-refractivity contribution in [1.82, 2.24) is 15.2 Å². The van der Waals surface area contributed by atoms with E-state index in [1.54, 1.807) is 16.9 Å². The predicted octanol–water partition coefficient (Wildman–Crippen LogP) is 0.0324. The Labute approximate surface area is 96.9 Å². The second-order valence-electron chi connectivity index (χ2n) is 4.12. The molecule has 0 aromatic carbocycles. The first-order valence-electron chi connectivity index (χ1n) is 5.44. The maximum absolute atomic E-state index is 11.8. The number of hydrazone groups is 1. The predicted molar refractivity (Wildman–Crippen MR) is 59.3 cm³/mol. The van der Waals surface area contributed by atoms with Crippen LogP contribution in [0.1, 0.15) is 25.3 Å². The van der Waals surface area contributed by atoms with Gasteiger partial charge in [0, 0.05) is 6.07 Å². The summed E-state index contributed by atoms with van der Waals surface area (Å²) in [6, 6.07) is 2.13. The van der Waals surface area contributed by atoms with Gasteiger partial charge in [-0.25, -0.2) is 10.1 Å². The molecule has 7 nitrogen and oxygen atoms in total. The number of rotatable bonds is 3. The fraction of sp³-hybridized carbons (Fsp3) is 0.400. The minimum absolute atomic E-state index is 0.0311. The van der Waals surface area contributed by atoms with E-state index in [1.807, 2.05) is 0 Å². The zero-order valence-electron chi connectivity index (χ0n) is 9.01. The highest BCUT2D eigenvalue weighted by atomic mass is 16.2. The van der Waals surface area contributed by atoms with Gasteiger partial charge in [0.25, 0.3) is 5.91 Å². The molecule has 0 saturated heterocycles. The van der Waals surface area contributed by atoms with E-state index < -0.39 is 0 Å². The first-order chi connectivity index (χ1) is 8.24. The van der Waals surface area contributed by atoms with Crippen LogP contribution in [0.25, 0.3) is 0 Å². The molecule has 1 saturated carbocycles. The number of nitrogens with one attached hydrogen (secondary N) is 2. The molecule has 2 aliphatic rings. The van der Waals surface area contributed by atoms with Gasteiger partial charge in [0.05, 0.1) is 18.7 Å². The molecule has 1 aromatic rings. The van der Waals surface area contributed by atoms with E-state index in [1.165, 1.54) is 0 Å². The van der Waals surface area contributed by atoms with E-state index in [9.17, 15) is 9.59 Å². The second kappa shape index (κ2) is 3.69. The van der Waals surface area contributed by atoms with Gasteiger partial charge in [-0.05, 0) is 12.8 Å². The van der Waals surface area contributed by atoms with Crippen molar-refractivity contribution < 1.29 is 9.59 Å². The molecule has 2 N–H and O–H groups in total. The highest BCUT2D eigenvalue weighted by molar-refractivity contribution is 6.46. The van der Waals surface area contributed by atoms with Crippen LogP contribution in [0, 0.1) is 0 Å². The Hall–Kier alpha value is -2.18. The van der Waals surface area contributed by atoms with Crippen LogP contribution in [0.3, 0.4) is 0 Å².